The third-order valence-electron chi connectivity index (χ3n) is 5.57. The number of benzene rings is 1. The second-order valence-corrected chi connectivity index (χ2v) is 7.66. The highest BCUT2D eigenvalue weighted by atomic mass is 16.6. The fraction of sp³-hybridized carbons (Fsp3) is 0.478. The Hall–Kier alpha value is -2.80. The van der Waals surface area contributed by atoms with Gasteiger partial charge in [0.25, 0.3) is 0 Å². The van der Waals surface area contributed by atoms with Crippen LogP contribution in [-0.2, 0) is 16.1 Å². The van der Waals surface area contributed by atoms with Gasteiger partial charge in [0.1, 0.15) is 12.7 Å². The third-order valence-corrected chi connectivity index (χ3v) is 5.57. The van der Waals surface area contributed by atoms with E-state index in [9.17, 15) is 4.79 Å². The molecule has 1 aliphatic heterocycles. The number of pyridine rings is 1. The summed E-state index contributed by atoms with van der Waals surface area (Å²) in [4.78, 5) is 18.3. The van der Waals surface area contributed by atoms with Crippen LogP contribution in [0.5, 0.6) is 11.5 Å². The van der Waals surface area contributed by atoms with Crippen molar-refractivity contribution in [2.24, 2.45) is 0 Å². The molecule has 7 nitrogen and oxygen atoms in total. The molecule has 2 aromatic rings. The van der Waals surface area contributed by atoms with E-state index in [0.717, 1.165) is 29.7 Å². The highest BCUT2D eigenvalue weighted by Crippen LogP contribution is 2.35. The van der Waals surface area contributed by atoms with Crippen LogP contribution in [0.1, 0.15) is 42.9 Å². The molecule has 1 amide bonds. The first-order chi connectivity index (χ1) is 14.7. The molecule has 160 valence electrons. The van der Waals surface area contributed by atoms with Crippen LogP contribution in [0.25, 0.3) is 0 Å². The summed E-state index contributed by atoms with van der Waals surface area (Å²) < 4.78 is 23.1. The van der Waals surface area contributed by atoms with Crippen molar-refractivity contribution in [3.05, 3.63) is 53.9 Å². The molecular weight excluding hydrogens is 384 g/mol. The highest BCUT2D eigenvalue weighted by molar-refractivity contribution is 5.67. The molecule has 0 N–H and O–H groups in total. The zero-order valence-corrected chi connectivity index (χ0v) is 17.3. The van der Waals surface area contributed by atoms with Gasteiger partial charge in [0, 0.05) is 24.5 Å². The zero-order valence-electron chi connectivity index (χ0n) is 17.3. The number of carbonyl (C=O) groups excluding carboxylic acids is 1. The lowest BCUT2D eigenvalue weighted by molar-refractivity contribution is -0.0297. The number of hydrogen-bond acceptors (Lipinski definition) is 6. The van der Waals surface area contributed by atoms with E-state index in [4.69, 9.17) is 18.9 Å². The number of aromatic nitrogens is 1. The number of nitrogens with zero attached hydrogens (tertiary/aromatic N) is 2. The van der Waals surface area contributed by atoms with Crippen molar-refractivity contribution in [2.75, 3.05) is 26.8 Å². The molecule has 2 heterocycles. The van der Waals surface area contributed by atoms with E-state index < -0.39 is 0 Å². The Morgan fingerprint density at radius 2 is 2.10 bits per heavy atom. The van der Waals surface area contributed by atoms with Crippen molar-refractivity contribution < 1.29 is 23.7 Å². The van der Waals surface area contributed by atoms with Crippen LogP contribution in [0, 0.1) is 0 Å². The van der Waals surface area contributed by atoms with Crippen molar-refractivity contribution in [2.45, 2.75) is 44.5 Å². The summed E-state index contributed by atoms with van der Waals surface area (Å²) in [6, 6.07) is 9.55. The summed E-state index contributed by atoms with van der Waals surface area (Å²) in [7, 11) is 1.65. The number of rotatable bonds is 6. The molecule has 2 aliphatic rings. The van der Waals surface area contributed by atoms with E-state index in [1.54, 1.807) is 24.4 Å². The number of amides is 1. The van der Waals surface area contributed by atoms with E-state index in [-0.39, 0.29) is 24.9 Å². The summed E-state index contributed by atoms with van der Waals surface area (Å²) in [6.07, 6.45) is 7.59. The van der Waals surface area contributed by atoms with Crippen molar-refractivity contribution in [1.82, 2.24) is 9.88 Å². The molecule has 1 aromatic heterocycles. The number of ether oxygens (including phenoxy) is 4. The molecule has 0 bridgehead atoms. The Morgan fingerprint density at radius 1 is 1.23 bits per heavy atom. The lowest BCUT2D eigenvalue weighted by Gasteiger charge is -2.32. The average molecular weight is 412 g/mol. The molecule has 30 heavy (non-hydrogen) atoms. The van der Waals surface area contributed by atoms with Gasteiger partial charge in [0.05, 0.1) is 26.4 Å². The molecule has 1 unspecified atom stereocenters. The van der Waals surface area contributed by atoms with Gasteiger partial charge in [-0.3, -0.25) is 4.98 Å². The minimum atomic E-state index is -0.344. The minimum absolute atomic E-state index is 0.205. The zero-order chi connectivity index (χ0) is 20.8. The van der Waals surface area contributed by atoms with Gasteiger partial charge in [-0.25, -0.2) is 4.79 Å². The molecule has 2 fully saturated rings. The maximum Gasteiger partial charge on any atom is 0.410 e. The van der Waals surface area contributed by atoms with Crippen LogP contribution in [0.2, 0.25) is 0 Å². The molecular formula is C23H28N2O5. The van der Waals surface area contributed by atoms with Crippen LogP contribution in [0.15, 0.2) is 42.7 Å². The lowest BCUT2D eigenvalue weighted by atomic mass is 10.1. The molecule has 1 saturated carbocycles. The molecule has 7 heteroatoms. The summed E-state index contributed by atoms with van der Waals surface area (Å²) in [5.74, 6) is 1.45. The molecule has 1 aromatic carbocycles. The van der Waals surface area contributed by atoms with Gasteiger partial charge in [-0.2, -0.15) is 0 Å². The number of methoxy groups -OCH3 is 1. The molecule has 0 radical (unpaired) electrons. The SMILES string of the molecule is COc1ccc(C2CN(C(=O)OCc3cccnc3)CCO2)cc1OC1CCCC1. The van der Waals surface area contributed by atoms with Crippen molar-refractivity contribution in [1.29, 1.82) is 0 Å². The Labute approximate surface area is 176 Å². The van der Waals surface area contributed by atoms with E-state index in [1.807, 2.05) is 30.3 Å². The van der Waals surface area contributed by atoms with E-state index >= 15 is 0 Å². The van der Waals surface area contributed by atoms with Crippen molar-refractivity contribution in [3.8, 4) is 11.5 Å². The van der Waals surface area contributed by atoms with Crippen molar-refractivity contribution in [3.63, 3.8) is 0 Å². The van der Waals surface area contributed by atoms with E-state index in [1.165, 1.54) is 12.8 Å². The summed E-state index contributed by atoms with van der Waals surface area (Å²) in [5, 5.41) is 0. The number of carbonyl (C=O) groups is 1. The average Bonchev–Trinajstić information content (AvgIpc) is 3.31. The molecule has 0 spiro atoms. The van der Waals surface area contributed by atoms with Gasteiger partial charge >= 0.3 is 6.09 Å². The van der Waals surface area contributed by atoms with Crippen LogP contribution < -0.4 is 9.47 Å². The predicted octanol–water partition coefficient (Wildman–Crippen LogP) is 4.12. The van der Waals surface area contributed by atoms with Gasteiger partial charge in [0.15, 0.2) is 11.5 Å². The second-order valence-electron chi connectivity index (χ2n) is 7.66. The smallest absolute Gasteiger partial charge is 0.410 e. The van der Waals surface area contributed by atoms with Crippen LogP contribution in [0.4, 0.5) is 4.79 Å². The maximum atomic E-state index is 12.5. The quantitative estimate of drug-likeness (QED) is 0.711. The van der Waals surface area contributed by atoms with Gasteiger partial charge in [0.2, 0.25) is 0 Å². The minimum Gasteiger partial charge on any atom is -0.493 e. The topological polar surface area (TPSA) is 70.1 Å². The third kappa shape index (κ3) is 5.02. The van der Waals surface area contributed by atoms with Crippen molar-refractivity contribution >= 4 is 6.09 Å². The summed E-state index contributed by atoms with van der Waals surface area (Å²) >= 11 is 0. The first-order valence-corrected chi connectivity index (χ1v) is 10.5. The summed E-state index contributed by atoms with van der Waals surface area (Å²) in [6.45, 7) is 1.60. The number of hydrogen-bond donors (Lipinski definition) is 0. The largest absolute Gasteiger partial charge is 0.493 e. The standard InChI is InChI=1S/C23H28N2O5/c1-27-20-9-8-18(13-21(20)30-19-6-2-3-7-19)22-15-25(11-12-28-22)23(26)29-16-17-5-4-10-24-14-17/h4-5,8-10,13-14,19,22H,2-3,6-7,11-12,15-16H2,1H3. The first-order valence-electron chi connectivity index (χ1n) is 10.5. The van der Waals surface area contributed by atoms with Gasteiger partial charge in [-0.1, -0.05) is 12.1 Å². The van der Waals surface area contributed by atoms with E-state index in [0.29, 0.717) is 25.4 Å². The fourth-order valence-corrected chi connectivity index (χ4v) is 3.91. The van der Waals surface area contributed by atoms with E-state index in [2.05, 4.69) is 4.98 Å². The summed E-state index contributed by atoms with van der Waals surface area (Å²) in [5.41, 5.74) is 1.83. The predicted molar refractivity (Wildman–Crippen MR) is 111 cm³/mol. The Balaban J connectivity index is 1.40. The lowest BCUT2D eigenvalue weighted by Crippen LogP contribution is -2.42. The number of morpholine rings is 1. The Morgan fingerprint density at radius 3 is 2.87 bits per heavy atom. The second kappa shape index (κ2) is 9.80. The monoisotopic (exact) mass is 412 g/mol. The van der Waals surface area contributed by atoms with Crippen LogP contribution >= 0.6 is 0 Å². The van der Waals surface area contributed by atoms with Crippen LogP contribution in [-0.4, -0.2) is 48.9 Å². The first kappa shape index (κ1) is 20.5. The maximum absolute atomic E-state index is 12.5. The molecule has 1 saturated heterocycles. The normalized spacial score (nSPS) is 19.5. The Bertz CT molecular complexity index is 839. The van der Waals surface area contributed by atoms with Crippen LogP contribution in [0.3, 0.4) is 0 Å². The highest BCUT2D eigenvalue weighted by Gasteiger charge is 2.28. The molecule has 1 aliphatic carbocycles. The molecule has 1 atom stereocenters. The van der Waals surface area contributed by atoms with Gasteiger partial charge < -0.3 is 23.8 Å². The van der Waals surface area contributed by atoms with Gasteiger partial charge in [-0.15, -0.1) is 0 Å². The Kier molecular flexibility index (Phi) is 6.69. The fourth-order valence-electron chi connectivity index (χ4n) is 3.91. The van der Waals surface area contributed by atoms with Gasteiger partial charge in [-0.05, 0) is 49.4 Å². The molecule has 4 rings (SSSR count).